The van der Waals surface area contributed by atoms with Crippen molar-refractivity contribution in [3.05, 3.63) is 22.8 Å². The summed E-state index contributed by atoms with van der Waals surface area (Å²) >= 11 is 5.61. The number of alkyl halides is 3. The molecule has 0 amide bonds. The first-order chi connectivity index (χ1) is 9.08. The van der Waals surface area contributed by atoms with Gasteiger partial charge in [0.25, 0.3) is 0 Å². The molecule has 1 aromatic rings. The first-order valence-electron chi connectivity index (χ1n) is 5.76. The Hall–Kier alpha value is -1.02. The van der Waals surface area contributed by atoms with Gasteiger partial charge in [0.2, 0.25) is 0 Å². The Morgan fingerprint density at radius 2 is 2.05 bits per heavy atom. The number of anilines is 1. The van der Waals surface area contributed by atoms with Crippen molar-refractivity contribution in [2.24, 2.45) is 0 Å². The number of hydrogen-bond acceptors (Lipinski definition) is 4. The lowest BCUT2D eigenvalue weighted by Crippen LogP contribution is -2.33. The summed E-state index contributed by atoms with van der Waals surface area (Å²) in [6.07, 6.45) is -4.15. The second-order valence-electron chi connectivity index (χ2n) is 4.70. The maximum atomic E-state index is 12.7. The van der Waals surface area contributed by atoms with E-state index in [-0.39, 0.29) is 28.5 Å². The first-order valence-corrected chi connectivity index (χ1v) is 7.96. The Kier molecular flexibility index (Phi) is 3.90. The summed E-state index contributed by atoms with van der Waals surface area (Å²) in [4.78, 5) is 5.27. The average molecular weight is 329 g/mol. The standard InChI is InChI=1S/C11H12ClF3N2O2S/c1-17(8-2-3-20(18,19)6-8)10-5-7(11(13,14)15)4-9(12)16-10/h4-5,8H,2-3,6H2,1H3. The van der Waals surface area contributed by atoms with Gasteiger partial charge in [0, 0.05) is 13.1 Å². The van der Waals surface area contributed by atoms with E-state index in [4.69, 9.17) is 11.6 Å². The molecule has 9 heteroatoms. The highest BCUT2D eigenvalue weighted by Gasteiger charge is 2.34. The van der Waals surface area contributed by atoms with Crippen molar-refractivity contribution in [1.29, 1.82) is 0 Å². The van der Waals surface area contributed by atoms with Crippen molar-refractivity contribution >= 4 is 27.3 Å². The molecule has 1 aliphatic heterocycles. The largest absolute Gasteiger partial charge is 0.416 e. The Bertz CT molecular complexity index is 619. The molecule has 0 aliphatic carbocycles. The highest BCUT2D eigenvalue weighted by molar-refractivity contribution is 7.91. The lowest BCUT2D eigenvalue weighted by atomic mass is 10.2. The molecule has 0 saturated carbocycles. The van der Waals surface area contributed by atoms with E-state index >= 15 is 0 Å². The number of rotatable bonds is 2. The zero-order valence-electron chi connectivity index (χ0n) is 10.5. The molecule has 0 N–H and O–H groups in total. The summed E-state index contributed by atoms with van der Waals surface area (Å²) < 4.78 is 61.0. The van der Waals surface area contributed by atoms with E-state index < -0.39 is 21.6 Å². The maximum absolute atomic E-state index is 12.7. The Balaban J connectivity index is 2.31. The molecule has 1 atom stereocenters. The molecular formula is C11H12ClF3N2O2S. The second-order valence-corrected chi connectivity index (χ2v) is 7.32. The summed E-state index contributed by atoms with van der Waals surface area (Å²) in [5.41, 5.74) is -0.903. The van der Waals surface area contributed by atoms with Crippen LogP contribution >= 0.6 is 11.6 Å². The number of nitrogens with zero attached hydrogens (tertiary/aromatic N) is 2. The number of aromatic nitrogens is 1. The van der Waals surface area contributed by atoms with E-state index in [9.17, 15) is 21.6 Å². The summed E-state index contributed by atoms with van der Waals surface area (Å²) in [5.74, 6) is -0.0276. The summed E-state index contributed by atoms with van der Waals surface area (Å²) in [6.45, 7) is 0. The molecule has 1 fully saturated rings. The van der Waals surface area contributed by atoms with E-state index in [0.29, 0.717) is 6.42 Å². The van der Waals surface area contributed by atoms with Crippen LogP contribution in [0.5, 0.6) is 0 Å². The lowest BCUT2D eigenvalue weighted by molar-refractivity contribution is -0.137. The smallest absolute Gasteiger partial charge is 0.356 e. The molecular weight excluding hydrogens is 317 g/mol. The van der Waals surface area contributed by atoms with E-state index in [1.165, 1.54) is 11.9 Å². The van der Waals surface area contributed by atoms with Gasteiger partial charge in [-0.15, -0.1) is 0 Å². The van der Waals surface area contributed by atoms with Crippen molar-refractivity contribution in [3.8, 4) is 0 Å². The fraction of sp³-hybridized carbons (Fsp3) is 0.545. The van der Waals surface area contributed by atoms with Crippen LogP contribution in [0.3, 0.4) is 0 Å². The molecule has 2 heterocycles. The molecule has 0 bridgehead atoms. The van der Waals surface area contributed by atoms with Crippen LogP contribution in [-0.2, 0) is 16.0 Å². The molecule has 1 aromatic heterocycles. The predicted octanol–water partition coefficient (Wildman–Crippen LogP) is 2.38. The van der Waals surface area contributed by atoms with Gasteiger partial charge in [-0.3, -0.25) is 0 Å². The third kappa shape index (κ3) is 3.35. The minimum Gasteiger partial charge on any atom is -0.356 e. The van der Waals surface area contributed by atoms with E-state index in [2.05, 4.69) is 4.98 Å². The molecule has 1 aliphatic rings. The second kappa shape index (κ2) is 5.07. The summed E-state index contributed by atoms with van der Waals surface area (Å²) in [5, 5.41) is -0.275. The molecule has 1 unspecified atom stereocenters. The van der Waals surface area contributed by atoms with Gasteiger partial charge in [-0.25, -0.2) is 13.4 Å². The first kappa shape index (κ1) is 15.4. The maximum Gasteiger partial charge on any atom is 0.416 e. The van der Waals surface area contributed by atoms with Gasteiger partial charge >= 0.3 is 6.18 Å². The van der Waals surface area contributed by atoms with Crippen LogP contribution in [-0.4, -0.2) is 38.0 Å². The third-order valence-electron chi connectivity index (χ3n) is 3.23. The van der Waals surface area contributed by atoms with Crippen molar-refractivity contribution in [1.82, 2.24) is 4.98 Å². The van der Waals surface area contributed by atoms with Gasteiger partial charge in [-0.2, -0.15) is 13.2 Å². The van der Waals surface area contributed by atoms with Crippen LogP contribution < -0.4 is 4.90 Å². The van der Waals surface area contributed by atoms with Crippen LogP contribution in [0, 0.1) is 0 Å². The predicted molar refractivity (Wildman–Crippen MR) is 69.7 cm³/mol. The van der Waals surface area contributed by atoms with E-state index in [0.717, 1.165) is 12.1 Å². The zero-order chi connectivity index (χ0) is 15.1. The van der Waals surface area contributed by atoms with Crippen molar-refractivity contribution < 1.29 is 21.6 Å². The normalized spacial score (nSPS) is 21.9. The number of pyridine rings is 1. The molecule has 1 saturated heterocycles. The molecule has 0 radical (unpaired) electrons. The Morgan fingerprint density at radius 1 is 1.40 bits per heavy atom. The van der Waals surface area contributed by atoms with Gasteiger partial charge in [0.05, 0.1) is 17.1 Å². The van der Waals surface area contributed by atoms with Crippen LogP contribution in [0.25, 0.3) is 0 Å². The topological polar surface area (TPSA) is 50.3 Å². The molecule has 0 spiro atoms. The van der Waals surface area contributed by atoms with E-state index in [1.807, 2.05) is 0 Å². The van der Waals surface area contributed by atoms with Crippen LogP contribution in [0.2, 0.25) is 5.15 Å². The summed E-state index contributed by atoms with van der Waals surface area (Å²) in [7, 11) is -1.60. The fourth-order valence-electron chi connectivity index (χ4n) is 2.10. The Morgan fingerprint density at radius 3 is 2.55 bits per heavy atom. The SMILES string of the molecule is CN(c1cc(C(F)(F)F)cc(Cl)n1)C1CCS(=O)(=O)C1. The van der Waals surface area contributed by atoms with Gasteiger partial charge in [0.1, 0.15) is 11.0 Å². The summed E-state index contributed by atoms with van der Waals surface area (Å²) in [6, 6.07) is 1.23. The molecule has 4 nitrogen and oxygen atoms in total. The molecule has 2 rings (SSSR count). The fourth-order valence-corrected chi connectivity index (χ4v) is 4.07. The average Bonchev–Trinajstić information content (AvgIpc) is 2.67. The monoisotopic (exact) mass is 328 g/mol. The number of hydrogen-bond donors (Lipinski definition) is 0. The quantitative estimate of drug-likeness (QED) is 0.782. The number of sulfone groups is 1. The van der Waals surface area contributed by atoms with Crippen molar-refractivity contribution in [2.75, 3.05) is 23.5 Å². The van der Waals surface area contributed by atoms with Gasteiger partial charge in [-0.1, -0.05) is 11.6 Å². The lowest BCUT2D eigenvalue weighted by Gasteiger charge is -2.25. The van der Waals surface area contributed by atoms with Crippen LogP contribution in [0.15, 0.2) is 12.1 Å². The van der Waals surface area contributed by atoms with Gasteiger partial charge in [-0.05, 0) is 18.6 Å². The minimum atomic E-state index is -4.52. The van der Waals surface area contributed by atoms with E-state index in [1.54, 1.807) is 0 Å². The van der Waals surface area contributed by atoms with Gasteiger partial charge < -0.3 is 4.90 Å². The van der Waals surface area contributed by atoms with Crippen LogP contribution in [0.4, 0.5) is 19.0 Å². The molecule has 112 valence electrons. The highest BCUT2D eigenvalue weighted by atomic mass is 35.5. The third-order valence-corrected chi connectivity index (χ3v) is 5.17. The molecule has 0 aromatic carbocycles. The van der Waals surface area contributed by atoms with Gasteiger partial charge in [0.15, 0.2) is 9.84 Å². The van der Waals surface area contributed by atoms with Crippen molar-refractivity contribution in [3.63, 3.8) is 0 Å². The zero-order valence-corrected chi connectivity index (χ0v) is 12.1. The van der Waals surface area contributed by atoms with Crippen molar-refractivity contribution in [2.45, 2.75) is 18.6 Å². The van der Waals surface area contributed by atoms with Crippen LogP contribution in [0.1, 0.15) is 12.0 Å². The molecule has 20 heavy (non-hydrogen) atoms. The highest BCUT2D eigenvalue weighted by Crippen LogP contribution is 2.33. The number of halogens is 4. The minimum absolute atomic E-state index is 0.0203. The Labute approximate surface area is 119 Å².